The van der Waals surface area contributed by atoms with Crippen LogP contribution >= 0.6 is 0 Å². The molecule has 0 saturated heterocycles. The molecule has 0 N–H and O–H groups in total. The largest absolute Gasteiger partial charge is 0.573 e. The minimum absolute atomic E-state index is 0.102. The Morgan fingerprint density at radius 1 is 0.679 bits per heavy atom. The molecule has 0 saturated carbocycles. The monoisotopic (exact) mass is 380 g/mol. The molecule has 0 aliphatic rings. The Balaban J connectivity index is 1.93. The second-order valence-electron chi connectivity index (χ2n) is 6.87. The summed E-state index contributed by atoms with van der Waals surface area (Å²) in [6.45, 7) is 1.88. The maximum atomic E-state index is 13.0. The Kier molecular flexibility index (Phi) is 3.18. The number of fused-ring (bicyclic) bond motifs is 7. The van der Waals surface area contributed by atoms with E-state index in [2.05, 4.69) is 4.74 Å². The molecule has 3 nitrogen and oxygen atoms in total. The highest BCUT2D eigenvalue weighted by Crippen LogP contribution is 2.35. The van der Waals surface area contributed by atoms with Crippen molar-refractivity contribution in [2.45, 2.75) is 13.3 Å². The lowest BCUT2D eigenvalue weighted by atomic mass is 10.1. The van der Waals surface area contributed by atoms with Crippen LogP contribution in [0.15, 0.2) is 58.1 Å². The average Bonchev–Trinajstić information content (AvgIpc) is 3.06. The molecule has 5 aromatic carbocycles. The minimum atomic E-state index is -4.85. The molecule has 0 bridgehead atoms. The molecule has 5 aromatic rings. The Morgan fingerprint density at radius 2 is 1.18 bits per heavy atom. The number of ether oxygens (including phenoxy) is 1. The maximum Gasteiger partial charge on any atom is 0.573 e. The van der Waals surface area contributed by atoms with E-state index in [0.29, 0.717) is 26.9 Å². The van der Waals surface area contributed by atoms with Crippen LogP contribution in [0.4, 0.5) is 13.2 Å². The maximum absolute atomic E-state index is 13.0. The Bertz CT molecular complexity index is 1520. The van der Waals surface area contributed by atoms with E-state index in [0.717, 1.165) is 17.0 Å². The second kappa shape index (κ2) is 5.32. The molecule has 138 valence electrons. The molecule has 0 heterocycles. The highest BCUT2D eigenvalue weighted by Gasteiger charge is 2.31. The summed E-state index contributed by atoms with van der Waals surface area (Å²) in [5, 5.41) is 3.68. The fraction of sp³-hybridized carbons (Fsp3) is 0.0909. The van der Waals surface area contributed by atoms with Gasteiger partial charge in [0.25, 0.3) is 0 Å². The van der Waals surface area contributed by atoms with Gasteiger partial charge in [0, 0.05) is 21.5 Å². The van der Waals surface area contributed by atoms with Crippen LogP contribution in [-0.2, 0) is 0 Å². The minimum Gasteiger partial charge on any atom is -0.406 e. The first kappa shape index (κ1) is 16.7. The van der Waals surface area contributed by atoms with E-state index in [1.807, 2.05) is 19.1 Å². The first-order chi connectivity index (χ1) is 13.2. The Hall–Kier alpha value is -3.41. The van der Waals surface area contributed by atoms with Gasteiger partial charge < -0.3 is 4.74 Å². The lowest BCUT2D eigenvalue weighted by Crippen LogP contribution is -2.17. The molecule has 0 aromatic heterocycles. The van der Waals surface area contributed by atoms with E-state index in [9.17, 15) is 22.8 Å². The van der Waals surface area contributed by atoms with Gasteiger partial charge in [-0.3, -0.25) is 9.59 Å². The van der Waals surface area contributed by atoms with Crippen molar-refractivity contribution in [3.63, 3.8) is 0 Å². The summed E-state index contributed by atoms with van der Waals surface area (Å²) in [6.07, 6.45) is -4.85. The molecule has 0 radical (unpaired) electrons. The molecule has 0 unspecified atom stereocenters. The summed E-state index contributed by atoms with van der Waals surface area (Å²) in [5.41, 5.74) is 0.228. The van der Waals surface area contributed by atoms with E-state index >= 15 is 0 Å². The zero-order chi connectivity index (χ0) is 19.8. The van der Waals surface area contributed by atoms with Crippen LogP contribution in [0.5, 0.6) is 5.75 Å². The summed E-state index contributed by atoms with van der Waals surface area (Å²) < 4.78 is 41.5. The molecule has 6 heteroatoms. The lowest BCUT2D eigenvalue weighted by Gasteiger charge is -2.08. The number of halogens is 3. The number of hydrogen-bond acceptors (Lipinski definition) is 3. The molecular formula is C22H11F3O3. The number of hydrogen-bond donors (Lipinski definition) is 0. The third-order valence-corrected chi connectivity index (χ3v) is 5.13. The summed E-state index contributed by atoms with van der Waals surface area (Å²) in [5.74, 6) is -0.464. The zero-order valence-electron chi connectivity index (χ0n) is 14.5. The topological polar surface area (TPSA) is 43.4 Å². The van der Waals surface area contributed by atoms with Crippen molar-refractivity contribution < 1.29 is 17.9 Å². The molecule has 0 aliphatic carbocycles. The molecule has 0 spiro atoms. The van der Waals surface area contributed by atoms with Crippen molar-refractivity contribution in [3.05, 3.63) is 74.5 Å². The van der Waals surface area contributed by atoms with E-state index in [1.54, 1.807) is 18.2 Å². The molecule has 0 atom stereocenters. The molecule has 0 aliphatic heterocycles. The van der Waals surface area contributed by atoms with Crippen molar-refractivity contribution in [1.29, 1.82) is 0 Å². The van der Waals surface area contributed by atoms with Gasteiger partial charge in [-0.15, -0.1) is 13.2 Å². The van der Waals surface area contributed by atoms with Gasteiger partial charge in [-0.05, 0) is 52.7 Å². The molecule has 5 rings (SSSR count). The van der Waals surface area contributed by atoms with Crippen molar-refractivity contribution in [2.75, 3.05) is 0 Å². The first-order valence-corrected chi connectivity index (χ1v) is 8.52. The van der Waals surface area contributed by atoms with Crippen LogP contribution in [0.2, 0.25) is 0 Å². The molecule has 0 fully saturated rings. The number of alkyl halides is 3. The van der Waals surface area contributed by atoms with Crippen LogP contribution in [0.25, 0.3) is 43.1 Å². The Morgan fingerprint density at radius 3 is 1.75 bits per heavy atom. The van der Waals surface area contributed by atoms with Crippen molar-refractivity contribution in [1.82, 2.24) is 0 Å². The van der Waals surface area contributed by atoms with E-state index in [-0.39, 0.29) is 16.2 Å². The fourth-order valence-electron chi connectivity index (χ4n) is 4.02. The normalized spacial score (nSPS) is 12.6. The SMILES string of the molecule is Cc1ccc2c(c1)c(=O)c1c2ccc2c3ccc(OC(F)(F)F)cc3c(=O)c21. The summed E-state index contributed by atoms with van der Waals surface area (Å²) in [6, 6.07) is 12.7. The van der Waals surface area contributed by atoms with Gasteiger partial charge in [0.15, 0.2) is 10.9 Å². The van der Waals surface area contributed by atoms with E-state index < -0.39 is 17.5 Å². The first-order valence-electron chi connectivity index (χ1n) is 8.52. The van der Waals surface area contributed by atoms with E-state index in [1.165, 1.54) is 12.1 Å². The highest BCUT2D eigenvalue weighted by molar-refractivity contribution is 6.26. The van der Waals surface area contributed by atoms with Crippen LogP contribution in [0.1, 0.15) is 5.56 Å². The number of benzene rings is 3. The predicted octanol–water partition coefficient (Wildman–Crippen LogP) is 5.10. The third kappa shape index (κ3) is 2.24. The van der Waals surface area contributed by atoms with Gasteiger partial charge in [0.2, 0.25) is 0 Å². The van der Waals surface area contributed by atoms with Gasteiger partial charge in [0.05, 0.1) is 0 Å². The summed E-state index contributed by atoms with van der Waals surface area (Å²) in [7, 11) is 0. The molecular weight excluding hydrogens is 369 g/mol. The standard InChI is InChI=1S/C22H11F3O3/c1-10-2-4-12-14-6-7-15-13-5-3-11(28-22(23,24)25)9-17(13)21(27)19(15)18(14)20(26)16(12)8-10/h2-9H,1H3. The van der Waals surface area contributed by atoms with Gasteiger partial charge in [-0.25, -0.2) is 0 Å². The number of aryl methyl sites for hydroxylation is 1. The second-order valence-corrected chi connectivity index (χ2v) is 6.87. The molecule has 0 amide bonds. The fourth-order valence-corrected chi connectivity index (χ4v) is 4.02. The van der Waals surface area contributed by atoms with Crippen molar-refractivity contribution in [2.24, 2.45) is 0 Å². The third-order valence-electron chi connectivity index (χ3n) is 5.13. The summed E-state index contributed by atoms with van der Waals surface area (Å²) >= 11 is 0. The van der Waals surface area contributed by atoms with Crippen LogP contribution < -0.4 is 15.6 Å². The quantitative estimate of drug-likeness (QED) is 0.406. The van der Waals surface area contributed by atoms with Crippen LogP contribution in [0.3, 0.4) is 0 Å². The van der Waals surface area contributed by atoms with Gasteiger partial charge in [0.1, 0.15) is 5.75 Å². The van der Waals surface area contributed by atoms with Crippen molar-refractivity contribution >= 4 is 43.1 Å². The Labute approximate surface area is 155 Å². The van der Waals surface area contributed by atoms with Crippen LogP contribution in [0, 0.1) is 6.92 Å². The van der Waals surface area contributed by atoms with E-state index in [4.69, 9.17) is 0 Å². The summed E-state index contributed by atoms with van der Waals surface area (Å²) in [4.78, 5) is 26.1. The predicted molar refractivity (Wildman–Crippen MR) is 103 cm³/mol. The smallest absolute Gasteiger partial charge is 0.406 e. The van der Waals surface area contributed by atoms with Gasteiger partial charge >= 0.3 is 6.36 Å². The highest BCUT2D eigenvalue weighted by atomic mass is 19.4. The number of rotatable bonds is 1. The van der Waals surface area contributed by atoms with Gasteiger partial charge in [-0.2, -0.15) is 0 Å². The molecule has 28 heavy (non-hydrogen) atoms. The van der Waals surface area contributed by atoms with Gasteiger partial charge in [-0.1, -0.05) is 29.8 Å². The average molecular weight is 380 g/mol. The lowest BCUT2D eigenvalue weighted by molar-refractivity contribution is -0.274. The zero-order valence-corrected chi connectivity index (χ0v) is 14.5. The van der Waals surface area contributed by atoms with Crippen molar-refractivity contribution in [3.8, 4) is 5.75 Å². The van der Waals surface area contributed by atoms with Crippen LogP contribution in [-0.4, -0.2) is 6.36 Å².